The Labute approximate surface area is 255 Å². The van der Waals surface area contributed by atoms with Crippen molar-refractivity contribution >= 4 is 0 Å². The monoisotopic (exact) mass is 580 g/mol. The van der Waals surface area contributed by atoms with E-state index in [0.717, 1.165) is 56.0 Å². The minimum Gasteiger partial charge on any atom is -0.494 e. The van der Waals surface area contributed by atoms with Gasteiger partial charge in [-0.25, -0.2) is 0 Å². The average molecular weight is 581 g/mol. The largest absolute Gasteiger partial charge is 0.494 e. The minimum atomic E-state index is -0.351. The number of ether oxygens (including phenoxy) is 5. The van der Waals surface area contributed by atoms with Crippen LogP contribution in [-0.4, -0.2) is 32.0 Å². The van der Waals surface area contributed by atoms with Gasteiger partial charge in [-0.15, -0.1) is 0 Å². The second-order valence-corrected chi connectivity index (χ2v) is 12.2. The molecular formula is C37H56O5. The van der Waals surface area contributed by atoms with Crippen LogP contribution in [0.25, 0.3) is 0 Å². The maximum Gasteiger partial charge on any atom is 0.184 e. The molecule has 42 heavy (non-hydrogen) atoms. The van der Waals surface area contributed by atoms with Crippen LogP contribution in [0.15, 0.2) is 48.5 Å². The van der Waals surface area contributed by atoms with Crippen LogP contribution in [0.4, 0.5) is 0 Å². The van der Waals surface area contributed by atoms with E-state index >= 15 is 0 Å². The van der Waals surface area contributed by atoms with Gasteiger partial charge >= 0.3 is 0 Å². The van der Waals surface area contributed by atoms with E-state index in [1.54, 1.807) is 0 Å². The fourth-order valence-electron chi connectivity index (χ4n) is 5.97. The Morgan fingerprint density at radius 1 is 0.548 bits per heavy atom. The van der Waals surface area contributed by atoms with Gasteiger partial charge in [-0.2, -0.15) is 0 Å². The fourth-order valence-corrected chi connectivity index (χ4v) is 5.97. The average Bonchev–Trinajstić information content (AvgIpc) is 3.03. The van der Waals surface area contributed by atoms with Crippen molar-refractivity contribution < 1.29 is 23.7 Å². The van der Waals surface area contributed by atoms with Gasteiger partial charge in [-0.1, -0.05) is 115 Å². The number of fused-ring (bicyclic) bond motifs is 1. The van der Waals surface area contributed by atoms with Crippen LogP contribution in [0.2, 0.25) is 0 Å². The third-order valence-electron chi connectivity index (χ3n) is 8.61. The number of rotatable bonds is 20. The number of hydrogen-bond donors (Lipinski definition) is 0. The molecule has 2 saturated heterocycles. The summed E-state index contributed by atoms with van der Waals surface area (Å²) >= 11 is 0. The molecule has 0 aromatic heterocycles. The highest BCUT2D eigenvalue weighted by molar-refractivity contribution is 5.29. The zero-order valence-electron chi connectivity index (χ0n) is 26.4. The summed E-state index contributed by atoms with van der Waals surface area (Å²) in [5, 5.41) is 0. The van der Waals surface area contributed by atoms with Crippen LogP contribution in [0.5, 0.6) is 11.5 Å². The Kier molecular flexibility index (Phi) is 15.0. The first-order valence-corrected chi connectivity index (χ1v) is 17.1. The van der Waals surface area contributed by atoms with Crippen molar-refractivity contribution in [1.82, 2.24) is 0 Å². The summed E-state index contributed by atoms with van der Waals surface area (Å²) in [7, 11) is 0. The predicted octanol–water partition coefficient (Wildman–Crippen LogP) is 10.3. The van der Waals surface area contributed by atoms with Crippen LogP contribution < -0.4 is 9.47 Å². The molecule has 5 heteroatoms. The van der Waals surface area contributed by atoms with Crippen molar-refractivity contribution in [1.29, 1.82) is 0 Å². The van der Waals surface area contributed by atoms with E-state index < -0.39 is 0 Å². The van der Waals surface area contributed by atoms with Gasteiger partial charge in [-0.3, -0.25) is 0 Å². The summed E-state index contributed by atoms with van der Waals surface area (Å²) in [5.41, 5.74) is 2.23. The van der Waals surface area contributed by atoms with Crippen LogP contribution in [0, 0.1) is 0 Å². The SMILES string of the molecule is CCCCCCCCCCOc1ccc([C@@H]2OC[C@H]3O[C@@H](c4ccc(OCCCCCCCC)cc4)CC[C@@H]3O2)cc1. The van der Waals surface area contributed by atoms with E-state index in [0.29, 0.717) is 6.61 Å². The van der Waals surface area contributed by atoms with Gasteiger partial charge in [0.05, 0.1) is 32.0 Å². The lowest BCUT2D eigenvalue weighted by Crippen LogP contribution is -2.45. The van der Waals surface area contributed by atoms with Gasteiger partial charge < -0.3 is 23.7 Å². The van der Waals surface area contributed by atoms with Crippen molar-refractivity contribution in [3.63, 3.8) is 0 Å². The quantitative estimate of drug-likeness (QED) is 0.146. The Morgan fingerprint density at radius 2 is 1.05 bits per heavy atom. The topological polar surface area (TPSA) is 46.2 Å². The maximum absolute atomic E-state index is 6.45. The zero-order valence-corrected chi connectivity index (χ0v) is 26.4. The van der Waals surface area contributed by atoms with Crippen LogP contribution in [0.3, 0.4) is 0 Å². The number of unbranched alkanes of at least 4 members (excludes halogenated alkanes) is 12. The first-order valence-electron chi connectivity index (χ1n) is 17.1. The summed E-state index contributed by atoms with van der Waals surface area (Å²) in [6.45, 7) is 6.64. The van der Waals surface area contributed by atoms with E-state index in [9.17, 15) is 0 Å². The Morgan fingerprint density at radius 3 is 1.60 bits per heavy atom. The van der Waals surface area contributed by atoms with Crippen molar-refractivity contribution in [2.24, 2.45) is 0 Å². The molecule has 0 saturated carbocycles. The smallest absolute Gasteiger partial charge is 0.184 e. The molecule has 2 fully saturated rings. The first-order chi connectivity index (χ1) is 20.8. The van der Waals surface area contributed by atoms with E-state index in [1.807, 2.05) is 12.1 Å². The standard InChI is InChI=1S/C37H56O5/c1-3-5-7-9-11-12-14-16-28-39-33-23-19-31(20-24-33)37-40-29-36-35(42-37)26-25-34(41-36)30-17-21-32(22-18-30)38-27-15-13-10-8-6-4-2/h17-24,34-37H,3-16,25-29H2,1-2H3/t34-,35+,36-,37-/m1/s1. The van der Waals surface area contributed by atoms with Gasteiger partial charge in [0.2, 0.25) is 0 Å². The highest BCUT2D eigenvalue weighted by atomic mass is 16.7. The maximum atomic E-state index is 6.45. The molecule has 0 aliphatic carbocycles. The van der Waals surface area contributed by atoms with E-state index in [1.165, 1.54) is 82.6 Å². The van der Waals surface area contributed by atoms with Crippen LogP contribution in [0.1, 0.15) is 140 Å². The Hall–Kier alpha value is -2.08. The zero-order chi connectivity index (χ0) is 29.2. The highest BCUT2D eigenvalue weighted by Gasteiger charge is 2.38. The Balaban J connectivity index is 1.11. The molecule has 2 aliphatic rings. The summed E-state index contributed by atoms with van der Waals surface area (Å²) in [6, 6.07) is 16.7. The summed E-state index contributed by atoms with van der Waals surface area (Å²) < 4.78 is 30.9. The van der Waals surface area contributed by atoms with Crippen molar-refractivity contribution in [3.05, 3.63) is 59.7 Å². The van der Waals surface area contributed by atoms with E-state index in [2.05, 4.69) is 50.2 Å². The molecular weight excluding hydrogens is 524 g/mol. The second-order valence-electron chi connectivity index (χ2n) is 12.2. The molecule has 0 N–H and O–H groups in total. The third-order valence-corrected chi connectivity index (χ3v) is 8.61. The lowest BCUT2D eigenvalue weighted by Gasteiger charge is -2.42. The summed E-state index contributed by atoms with van der Waals surface area (Å²) in [4.78, 5) is 0. The molecule has 2 aliphatic heterocycles. The minimum absolute atomic E-state index is 0.0436. The van der Waals surface area contributed by atoms with Crippen molar-refractivity contribution in [2.75, 3.05) is 19.8 Å². The molecule has 234 valence electrons. The molecule has 2 aromatic rings. The molecule has 4 atom stereocenters. The van der Waals surface area contributed by atoms with Gasteiger partial charge in [0.15, 0.2) is 6.29 Å². The predicted molar refractivity (Wildman–Crippen MR) is 170 cm³/mol. The number of benzene rings is 2. The lowest BCUT2D eigenvalue weighted by atomic mass is 9.95. The highest BCUT2D eigenvalue weighted by Crippen LogP contribution is 2.39. The second kappa shape index (κ2) is 19.2. The number of hydrogen-bond acceptors (Lipinski definition) is 5. The first kappa shape index (κ1) is 32.8. The molecule has 4 rings (SSSR count). The normalized spacial score (nSPS) is 22.0. The summed E-state index contributed by atoms with van der Waals surface area (Å²) in [5.74, 6) is 1.86. The van der Waals surface area contributed by atoms with Crippen molar-refractivity contribution in [2.45, 2.75) is 141 Å². The molecule has 0 amide bonds. The van der Waals surface area contributed by atoms with Gasteiger partial charge in [0, 0.05) is 5.56 Å². The molecule has 0 unspecified atom stereocenters. The third kappa shape index (κ3) is 11.2. The molecule has 2 heterocycles. The van der Waals surface area contributed by atoms with E-state index in [-0.39, 0.29) is 24.6 Å². The van der Waals surface area contributed by atoms with Crippen LogP contribution in [-0.2, 0) is 14.2 Å². The van der Waals surface area contributed by atoms with Gasteiger partial charge in [0.1, 0.15) is 17.6 Å². The Bertz CT molecular complexity index is 959. The molecule has 0 bridgehead atoms. The summed E-state index contributed by atoms with van der Waals surface area (Å²) in [6.07, 6.45) is 19.8. The van der Waals surface area contributed by atoms with E-state index in [4.69, 9.17) is 23.7 Å². The van der Waals surface area contributed by atoms with Crippen LogP contribution >= 0.6 is 0 Å². The fraction of sp³-hybridized carbons (Fsp3) is 0.676. The lowest BCUT2D eigenvalue weighted by molar-refractivity contribution is -0.289. The van der Waals surface area contributed by atoms with Crippen molar-refractivity contribution in [3.8, 4) is 11.5 Å². The molecule has 5 nitrogen and oxygen atoms in total. The molecule has 2 aromatic carbocycles. The molecule has 0 radical (unpaired) electrons. The van der Waals surface area contributed by atoms with Gasteiger partial charge in [0.25, 0.3) is 0 Å². The van der Waals surface area contributed by atoms with Gasteiger partial charge in [-0.05, 0) is 55.5 Å². The molecule has 0 spiro atoms.